The minimum atomic E-state index is -0.416. The molecule has 130 valence electrons. The summed E-state index contributed by atoms with van der Waals surface area (Å²) in [5.74, 6) is -0.416. The van der Waals surface area contributed by atoms with E-state index in [1.807, 2.05) is 18.2 Å². The Kier molecular flexibility index (Phi) is 5.80. The lowest BCUT2D eigenvalue weighted by atomic mass is 10.2. The maximum atomic E-state index is 13.6. The number of rotatable bonds is 4. The summed E-state index contributed by atoms with van der Waals surface area (Å²) in [4.78, 5) is 16.3. The third-order valence-corrected chi connectivity index (χ3v) is 4.25. The summed E-state index contributed by atoms with van der Waals surface area (Å²) in [5.41, 5.74) is 1.41. The molecule has 25 heavy (non-hydrogen) atoms. The van der Waals surface area contributed by atoms with Crippen LogP contribution in [0.5, 0.6) is 0 Å². The fourth-order valence-corrected chi connectivity index (χ4v) is 2.79. The van der Waals surface area contributed by atoms with Gasteiger partial charge in [0.2, 0.25) is 0 Å². The van der Waals surface area contributed by atoms with Crippen molar-refractivity contribution < 1.29 is 9.18 Å². The fraction of sp³-hybridized carbons (Fsp3) is 0.250. The zero-order valence-corrected chi connectivity index (χ0v) is 14.1. The van der Waals surface area contributed by atoms with Gasteiger partial charge >= 0.3 is 6.03 Å². The molecule has 0 atom stereocenters. The zero-order chi connectivity index (χ0) is 17.5. The Balaban J connectivity index is 1.44. The van der Waals surface area contributed by atoms with Gasteiger partial charge in [0.05, 0.1) is 5.69 Å². The van der Waals surface area contributed by atoms with E-state index >= 15 is 0 Å². The smallest absolute Gasteiger partial charge is 0.322 e. The van der Waals surface area contributed by atoms with Crippen LogP contribution < -0.4 is 5.32 Å². The van der Waals surface area contributed by atoms with Crippen LogP contribution in [0, 0.1) is 5.82 Å². The van der Waals surface area contributed by atoms with E-state index in [2.05, 4.69) is 34.5 Å². The number of anilines is 1. The molecule has 0 bridgehead atoms. The lowest BCUT2D eigenvalue weighted by molar-refractivity contribution is 0.156. The molecule has 2 aromatic carbocycles. The number of carbonyl (C=O) groups excluding carboxylic acids is 1. The van der Waals surface area contributed by atoms with Gasteiger partial charge in [-0.2, -0.15) is 0 Å². The molecule has 0 saturated carbocycles. The highest BCUT2D eigenvalue weighted by molar-refractivity contribution is 5.89. The highest BCUT2D eigenvalue weighted by atomic mass is 19.1. The highest BCUT2D eigenvalue weighted by Gasteiger charge is 2.20. The summed E-state index contributed by atoms with van der Waals surface area (Å²) >= 11 is 0. The van der Waals surface area contributed by atoms with Gasteiger partial charge in [-0.05, 0) is 17.7 Å². The lowest BCUT2D eigenvalue weighted by Crippen LogP contribution is -2.50. The number of hydrogen-bond donors (Lipinski definition) is 1. The van der Waals surface area contributed by atoms with Gasteiger partial charge in [0, 0.05) is 32.7 Å². The first kappa shape index (κ1) is 17.2. The number of hydrogen-bond acceptors (Lipinski definition) is 2. The van der Waals surface area contributed by atoms with Crippen molar-refractivity contribution in [3.05, 3.63) is 72.1 Å². The topological polar surface area (TPSA) is 35.6 Å². The molecule has 5 heteroatoms. The molecule has 1 aliphatic rings. The molecular weight excluding hydrogens is 317 g/mol. The predicted octanol–water partition coefficient (Wildman–Crippen LogP) is 3.69. The van der Waals surface area contributed by atoms with E-state index in [0.29, 0.717) is 13.1 Å². The molecular formula is C20H22FN3O. The zero-order valence-electron chi connectivity index (χ0n) is 14.1. The van der Waals surface area contributed by atoms with E-state index in [-0.39, 0.29) is 11.7 Å². The van der Waals surface area contributed by atoms with Crippen LogP contribution in [0.15, 0.2) is 60.7 Å². The van der Waals surface area contributed by atoms with Gasteiger partial charge in [-0.25, -0.2) is 9.18 Å². The maximum Gasteiger partial charge on any atom is 0.322 e. The molecule has 1 aliphatic heterocycles. The standard InChI is InChI=1S/C20H22FN3O/c21-18-10-4-5-11-19(18)22-20(25)24-15-13-23(14-16-24)12-6-9-17-7-2-1-3-8-17/h1-11H,12-16H2,(H,22,25). The molecule has 0 spiro atoms. The van der Waals surface area contributed by atoms with Crippen molar-refractivity contribution in [2.45, 2.75) is 0 Å². The van der Waals surface area contributed by atoms with Crippen LogP contribution >= 0.6 is 0 Å². The van der Waals surface area contributed by atoms with Crippen LogP contribution in [0.25, 0.3) is 6.08 Å². The Hall–Kier alpha value is -2.66. The third kappa shape index (κ3) is 4.90. The second-order valence-electron chi connectivity index (χ2n) is 6.01. The largest absolute Gasteiger partial charge is 0.322 e. The molecule has 4 nitrogen and oxygen atoms in total. The van der Waals surface area contributed by atoms with Crippen molar-refractivity contribution in [1.82, 2.24) is 9.80 Å². The molecule has 0 aliphatic carbocycles. The SMILES string of the molecule is O=C(Nc1ccccc1F)N1CCN(CC=Cc2ccccc2)CC1. The molecule has 0 radical (unpaired) electrons. The van der Waals surface area contributed by atoms with Gasteiger partial charge in [-0.3, -0.25) is 4.90 Å². The predicted molar refractivity (Wildman–Crippen MR) is 98.9 cm³/mol. The molecule has 1 saturated heterocycles. The summed E-state index contributed by atoms with van der Waals surface area (Å²) in [6.07, 6.45) is 4.25. The highest BCUT2D eigenvalue weighted by Crippen LogP contribution is 2.14. The van der Waals surface area contributed by atoms with Gasteiger partial charge in [-0.1, -0.05) is 54.6 Å². The first-order chi connectivity index (χ1) is 12.2. The van der Waals surface area contributed by atoms with Crippen LogP contribution in [0.4, 0.5) is 14.9 Å². The number of nitrogens with zero attached hydrogens (tertiary/aromatic N) is 2. The van der Waals surface area contributed by atoms with Crippen molar-refractivity contribution in [1.29, 1.82) is 0 Å². The summed E-state index contributed by atoms with van der Waals surface area (Å²) in [7, 11) is 0. The van der Waals surface area contributed by atoms with Crippen LogP contribution in [-0.2, 0) is 0 Å². The summed E-state index contributed by atoms with van der Waals surface area (Å²) in [6, 6.07) is 16.2. The summed E-state index contributed by atoms with van der Waals surface area (Å²) in [5, 5.41) is 2.64. The number of para-hydroxylation sites is 1. The Morgan fingerprint density at radius 1 is 1.00 bits per heavy atom. The molecule has 3 rings (SSSR count). The number of nitrogens with one attached hydrogen (secondary N) is 1. The summed E-state index contributed by atoms with van der Waals surface area (Å²) in [6.45, 7) is 3.75. The average molecular weight is 339 g/mol. The van der Waals surface area contributed by atoms with Crippen molar-refractivity contribution >= 4 is 17.8 Å². The van der Waals surface area contributed by atoms with Gasteiger partial charge in [0.1, 0.15) is 5.82 Å². The van der Waals surface area contributed by atoms with Gasteiger partial charge < -0.3 is 10.2 Å². The van der Waals surface area contributed by atoms with Crippen LogP contribution in [0.2, 0.25) is 0 Å². The number of halogens is 1. The van der Waals surface area contributed by atoms with E-state index in [0.717, 1.165) is 19.6 Å². The van der Waals surface area contributed by atoms with E-state index in [9.17, 15) is 9.18 Å². The van der Waals surface area contributed by atoms with Crippen molar-refractivity contribution in [3.8, 4) is 0 Å². The number of benzene rings is 2. The monoisotopic (exact) mass is 339 g/mol. The van der Waals surface area contributed by atoms with Crippen LogP contribution in [0.1, 0.15) is 5.56 Å². The Bertz CT molecular complexity index is 725. The molecule has 0 unspecified atom stereocenters. The summed E-state index contributed by atoms with van der Waals surface area (Å²) < 4.78 is 13.6. The molecule has 2 amide bonds. The first-order valence-corrected chi connectivity index (χ1v) is 8.47. The second-order valence-corrected chi connectivity index (χ2v) is 6.01. The van der Waals surface area contributed by atoms with E-state index < -0.39 is 5.82 Å². The number of piperazine rings is 1. The lowest BCUT2D eigenvalue weighted by Gasteiger charge is -2.34. The quantitative estimate of drug-likeness (QED) is 0.922. The number of carbonyl (C=O) groups is 1. The first-order valence-electron chi connectivity index (χ1n) is 8.47. The van der Waals surface area contributed by atoms with Crippen LogP contribution in [-0.4, -0.2) is 48.6 Å². The normalized spacial score (nSPS) is 15.5. The van der Waals surface area contributed by atoms with E-state index in [4.69, 9.17) is 0 Å². The molecule has 1 heterocycles. The molecule has 2 aromatic rings. The third-order valence-electron chi connectivity index (χ3n) is 4.25. The van der Waals surface area contributed by atoms with Crippen molar-refractivity contribution in [2.24, 2.45) is 0 Å². The average Bonchev–Trinajstić information content (AvgIpc) is 2.65. The van der Waals surface area contributed by atoms with Gasteiger partial charge in [0.25, 0.3) is 0 Å². The molecule has 1 N–H and O–H groups in total. The molecule has 1 fully saturated rings. The molecule has 0 aromatic heterocycles. The Labute approximate surface area is 147 Å². The van der Waals surface area contributed by atoms with Gasteiger partial charge in [-0.15, -0.1) is 0 Å². The number of urea groups is 1. The van der Waals surface area contributed by atoms with Crippen molar-refractivity contribution in [3.63, 3.8) is 0 Å². The maximum absolute atomic E-state index is 13.6. The van der Waals surface area contributed by atoms with Crippen molar-refractivity contribution in [2.75, 3.05) is 38.0 Å². The minimum absolute atomic E-state index is 0.223. The number of amides is 2. The van der Waals surface area contributed by atoms with E-state index in [1.54, 1.807) is 23.1 Å². The Morgan fingerprint density at radius 2 is 1.68 bits per heavy atom. The fourth-order valence-electron chi connectivity index (χ4n) is 2.79. The van der Waals surface area contributed by atoms with Crippen LogP contribution in [0.3, 0.4) is 0 Å². The van der Waals surface area contributed by atoms with E-state index in [1.165, 1.54) is 11.6 Å². The Morgan fingerprint density at radius 3 is 2.40 bits per heavy atom. The second kappa shape index (κ2) is 8.44. The van der Waals surface area contributed by atoms with Gasteiger partial charge in [0.15, 0.2) is 0 Å². The minimum Gasteiger partial charge on any atom is -0.322 e.